The van der Waals surface area contributed by atoms with Crippen LogP contribution in [0.5, 0.6) is 0 Å². The molecule has 0 unspecified atom stereocenters. The van der Waals surface area contributed by atoms with Crippen LogP contribution >= 0.6 is 11.6 Å². The fourth-order valence-electron chi connectivity index (χ4n) is 2.69. The molecule has 144 valence electrons. The quantitative estimate of drug-likeness (QED) is 0.707. The molecule has 0 aromatic heterocycles. The van der Waals surface area contributed by atoms with Crippen molar-refractivity contribution >= 4 is 44.7 Å². The number of ketones is 1. The number of carbonyl (C=O) groups excluding carboxylic acids is 2. The van der Waals surface area contributed by atoms with Crippen molar-refractivity contribution in [1.29, 1.82) is 0 Å². The summed E-state index contributed by atoms with van der Waals surface area (Å²) in [5, 5.41) is 3.16. The maximum absolute atomic E-state index is 12.8. The SMILES string of the molecule is CC[C@H](C(=O)Nc1cccc(C(C)=O)c1)N(c1ccc(Cl)cc1)S(C)(=O)=O. The maximum Gasteiger partial charge on any atom is 0.248 e. The maximum atomic E-state index is 12.8. The molecule has 0 aliphatic carbocycles. The predicted molar refractivity (Wildman–Crippen MR) is 108 cm³/mol. The average molecular weight is 409 g/mol. The molecule has 0 fully saturated rings. The Labute approximate surface area is 164 Å². The molecular formula is C19H21ClN2O4S. The van der Waals surface area contributed by atoms with Crippen molar-refractivity contribution in [2.75, 3.05) is 15.9 Å². The summed E-state index contributed by atoms with van der Waals surface area (Å²) >= 11 is 5.88. The molecule has 2 aromatic rings. The van der Waals surface area contributed by atoms with Gasteiger partial charge in [0.1, 0.15) is 6.04 Å². The Morgan fingerprint density at radius 1 is 1.15 bits per heavy atom. The molecule has 1 atom stereocenters. The largest absolute Gasteiger partial charge is 0.324 e. The highest BCUT2D eigenvalue weighted by Crippen LogP contribution is 2.25. The minimum atomic E-state index is -3.73. The standard InChI is InChI=1S/C19H21ClN2O4S/c1-4-18(19(24)21-16-7-5-6-14(12-16)13(2)23)22(27(3,25)26)17-10-8-15(20)9-11-17/h5-12,18H,4H2,1-3H3,(H,21,24)/t18-/m1/s1. The van der Waals surface area contributed by atoms with Crippen molar-refractivity contribution in [3.63, 3.8) is 0 Å². The van der Waals surface area contributed by atoms with E-state index < -0.39 is 22.0 Å². The van der Waals surface area contributed by atoms with Gasteiger partial charge in [0.2, 0.25) is 15.9 Å². The van der Waals surface area contributed by atoms with Crippen molar-refractivity contribution in [2.24, 2.45) is 0 Å². The Morgan fingerprint density at radius 3 is 2.30 bits per heavy atom. The zero-order valence-corrected chi connectivity index (χ0v) is 16.8. The summed E-state index contributed by atoms with van der Waals surface area (Å²) in [4.78, 5) is 24.3. The van der Waals surface area contributed by atoms with Crippen molar-refractivity contribution < 1.29 is 18.0 Å². The van der Waals surface area contributed by atoms with E-state index in [9.17, 15) is 18.0 Å². The third-order valence-corrected chi connectivity index (χ3v) is 5.38. The first-order valence-corrected chi connectivity index (χ1v) is 10.5. The number of hydrogen-bond donors (Lipinski definition) is 1. The van der Waals surface area contributed by atoms with Gasteiger partial charge in [-0.25, -0.2) is 8.42 Å². The Hall–Kier alpha value is -2.38. The molecule has 8 heteroatoms. The molecule has 0 heterocycles. The number of amides is 1. The Bertz CT molecular complexity index is 942. The van der Waals surface area contributed by atoms with Crippen LogP contribution in [0.25, 0.3) is 0 Å². The number of carbonyl (C=O) groups is 2. The van der Waals surface area contributed by atoms with Gasteiger partial charge in [0.15, 0.2) is 5.78 Å². The van der Waals surface area contributed by atoms with Crippen molar-refractivity contribution in [2.45, 2.75) is 26.3 Å². The number of anilines is 2. The number of Topliss-reactive ketones (excluding diaryl/α,β-unsaturated/α-hetero) is 1. The van der Waals surface area contributed by atoms with Gasteiger partial charge in [-0.1, -0.05) is 30.7 Å². The van der Waals surface area contributed by atoms with E-state index in [-0.39, 0.29) is 12.2 Å². The number of halogens is 1. The second kappa shape index (κ2) is 8.54. The predicted octanol–water partition coefficient (Wildman–Crippen LogP) is 3.73. The zero-order valence-electron chi connectivity index (χ0n) is 15.3. The molecule has 2 rings (SSSR count). The summed E-state index contributed by atoms with van der Waals surface area (Å²) in [5.41, 5.74) is 1.23. The summed E-state index contributed by atoms with van der Waals surface area (Å²) < 4.78 is 25.8. The van der Waals surface area contributed by atoms with Gasteiger partial charge < -0.3 is 5.32 Å². The third kappa shape index (κ3) is 5.30. The number of nitrogens with one attached hydrogen (secondary N) is 1. The number of hydrogen-bond acceptors (Lipinski definition) is 4. The minimum Gasteiger partial charge on any atom is -0.324 e. The topological polar surface area (TPSA) is 83.6 Å². The van der Waals surface area contributed by atoms with Gasteiger partial charge in [-0.15, -0.1) is 0 Å². The number of nitrogens with zero attached hydrogens (tertiary/aromatic N) is 1. The van der Waals surface area contributed by atoms with Crippen LogP contribution in [0.2, 0.25) is 5.02 Å². The summed E-state index contributed by atoms with van der Waals surface area (Å²) in [6, 6.07) is 11.8. The monoisotopic (exact) mass is 408 g/mol. The highest BCUT2D eigenvalue weighted by molar-refractivity contribution is 7.92. The third-order valence-electron chi connectivity index (χ3n) is 3.95. The van der Waals surface area contributed by atoms with Gasteiger partial charge in [0, 0.05) is 16.3 Å². The molecule has 0 bridgehead atoms. The van der Waals surface area contributed by atoms with Crippen LogP contribution in [0.1, 0.15) is 30.6 Å². The van der Waals surface area contributed by atoms with Crippen LogP contribution in [0.15, 0.2) is 48.5 Å². The molecule has 1 amide bonds. The van der Waals surface area contributed by atoms with E-state index in [2.05, 4.69) is 5.32 Å². The Morgan fingerprint density at radius 2 is 1.78 bits per heavy atom. The van der Waals surface area contributed by atoms with E-state index in [4.69, 9.17) is 11.6 Å². The number of benzene rings is 2. The van der Waals surface area contributed by atoms with E-state index >= 15 is 0 Å². The normalized spacial score (nSPS) is 12.3. The second-order valence-corrected chi connectivity index (χ2v) is 8.38. The van der Waals surface area contributed by atoms with E-state index in [1.807, 2.05) is 0 Å². The smallest absolute Gasteiger partial charge is 0.248 e. The van der Waals surface area contributed by atoms with Gasteiger partial charge in [0.05, 0.1) is 11.9 Å². The molecule has 0 radical (unpaired) electrons. The second-order valence-electron chi connectivity index (χ2n) is 6.09. The van der Waals surface area contributed by atoms with Gasteiger partial charge in [-0.05, 0) is 49.7 Å². The lowest BCUT2D eigenvalue weighted by Crippen LogP contribution is -2.47. The number of sulfonamides is 1. The van der Waals surface area contributed by atoms with Crippen molar-refractivity contribution in [3.8, 4) is 0 Å². The highest BCUT2D eigenvalue weighted by atomic mass is 35.5. The summed E-state index contributed by atoms with van der Waals surface area (Å²) in [6.07, 6.45) is 1.31. The van der Waals surface area contributed by atoms with Crippen molar-refractivity contribution in [1.82, 2.24) is 0 Å². The lowest BCUT2D eigenvalue weighted by molar-refractivity contribution is -0.117. The summed E-state index contributed by atoms with van der Waals surface area (Å²) in [7, 11) is -3.73. The molecular weight excluding hydrogens is 388 g/mol. The average Bonchev–Trinajstić information content (AvgIpc) is 2.59. The highest BCUT2D eigenvalue weighted by Gasteiger charge is 2.31. The van der Waals surface area contributed by atoms with Crippen molar-refractivity contribution in [3.05, 3.63) is 59.1 Å². The summed E-state index contributed by atoms with van der Waals surface area (Å²) in [5.74, 6) is -0.615. The first kappa shape index (κ1) is 20.9. The fraction of sp³-hybridized carbons (Fsp3) is 0.263. The van der Waals surface area contributed by atoms with E-state index in [0.29, 0.717) is 22.0 Å². The van der Waals surface area contributed by atoms with Gasteiger partial charge in [-0.2, -0.15) is 0 Å². The molecule has 0 aliphatic heterocycles. The lowest BCUT2D eigenvalue weighted by Gasteiger charge is -2.30. The Balaban J connectivity index is 2.36. The van der Waals surface area contributed by atoms with Crippen LogP contribution < -0.4 is 9.62 Å². The molecule has 6 nitrogen and oxygen atoms in total. The van der Waals surface area contributed by atoms with Crippen LogP contribution in [0, 0.1) is 0 Å². The molecule has 0 saturated heterocycles. The van der Waals surface area contributed by atoms with Crippen LogP contribution in [0.4, 0.5) is 11.4 Å². The molecule has 1 N–H and O–H groups in total. The fourth-order valence-corrected chi connectivity index (χ4v) is 4.03. The minimum absolute atomic E-state index is 0.128. The van der Waals surface area contributed by atoms with Gasteiger partial charge >= 0.3 is 0 Å². The van der Waals surface area contributed by atoms with Crippen LogP contribution in [-0.4, -0.2) is 32.4 Å². The molecule has 0 saturated carbocycles. The van der Waals surface area contributed by atoms with E-state index in [1.165, 1.54) is 6.92 Å². The van der Waals surface area contributed by atoms with Gasteiger partial charge in [0.25, 0.3) is 0 Å². The molecule has 0 aliphatic rings. The molecule has 27 heavy (non-hydrogen) atoms. The first-order chi connectivity index (χ1) is 12.6. The van der Waals surface area contributed by atoms with Crippen LogP contribution in [-0.2, 0) is 14.8 Å². The number of rotatable bonds is 7. The first-order valence-electron chi connectivity index (χ1n) is 8.30. The summed E-state index contributed by atoms with van der Waals surface area (Å²) in [6.45, 7) is 3.16. The molecule has 2 aromatic carbocycles. The van der Waals surface area contributed by atoms with Crippen LogP contribution in [0.3, 0.4) is 0 Å². The lowest BCUT2D eigenvalue weighted by atomic mass is 10.1. The van der Waals surface area contributed by atoms with E-state index in [0.717, 1.165) is 10.6 Å². The van der Waals surface area contributed by atoms with Gasteiger partial charge in [-0.3, -0.25) is 13.9 Å². The molecule has 0 spiro atoms. The zero-order chi connectivity index (χ0) is 20.2. The Kier molecular flexibility index (Phi) is 6.62. The van der Waals surface area contributed by atoms with E-state index in [1.54, 1.807) is 55.5 Å².